The molecule has 7 heavy (non-hydrogen) atoms. The summed E-state index contributed by atoms with van der Waals surface area (Å²) in [7, 11) is 0. The van der Waals surface area contributed by atoms with Gasteiger partial charge in [-0.25, -0.2) is 0 Å². The van der Waals surface area contributed by atoms with Gasteiger partial charge in [-0.2, -0.15) is 0 Å². The number of hydrogen-bond acceptors (Lipinski definition) is 2. The van der Waals surface area contributed by atoms with Crippen molar-refractivity contribution < 1.29 is 4.42 Å². The first kappa shape index (κ1) is 4.78. The fourth-order valence-corrected chi connectivity index (χ4v) is 0.467. The zero-order valence-electron chi connectivity index (χ0n) is 4.01. The van der Waals surface area contributed by atoms with E-state index in [0.717, 1.165) is 10.5 Å². The summed E-state index contributed by atoms with van der Waals surface area (Å²) in [6.45, 7) is 1.95. The molecule has 38 valence electrons. The predicted octanol–water partition coefficient (Wildman–Crippen LogP) is 1.88. The minimum absolute atomic E-state index is 0.917. The van der Waals surface area contributed by atoms with Crippen molar-refractivity contribution in [2.45, 2.75) is 11.8 Å². The Bertz CT molecular complexity index is 140. The maximum atomic E-state index is 4.77. The van der Waals surface area contributed by atoms with Gasteiger partial charge in [0, 0.05) is 10.5 Å². The van der Waals surface area contributed by atoms with Gasteiger partial charge in [0.1, 0.15) is 6.26 Å². The molecular formula is C5H6OS. The number of rotatable bonds is 0. The second-order valence-electron chi connectivity index (χ2n) is 1.44. The SMILES string of the molecule is Cc1cocc1S. The monoisotopic (exact) mass is 114 g/mol. The van der Waals surface area contributed by atoms with E-state index in [-0.39, 0.29) is 0 Å². The van der Waals surface area contributed by atoms with E-state index in [1.165, 1.54) is 0 Å². The largest absolute Gasteiger partial charge is 0.471 e. The lowest BCUT2D eigenvalue weighted by molar-refractivity contribution is 0.561. The molecule has 0 fully saturated rings. The first-order valence-corrected chi connectivity index (χ1v) is 2.47. The van der Waals surface area contributed by atoms with E-state index in [1.54, 1.807) is 12.5 Å². The van der Waals surface area contributed by atoms with Crippen LogP contribution in [0.3, 0.4) is 0 Å². The first-order chi connectivity index (χ1) is 3.30. The highest BCUT2D eigenvalue weighted by Crippen LogP contribution is 2.11. The van der Waals surface area contributed by atoms with Crippen molar-refractivity contribution >= 4 is 12.6 Å². The average molecular weight is 114 g/mol. The van der Waals surface area contributed by atoms with Crippen LogP contribution in [0, 0.1) is 6.92 Å². The van der Waals surface area contributed by atoms with Crippen molar-refractivity contribution in [3.63, 3.8) is 0 Å². The summed E-state index contributed by atoms with van der Waals surface area (Å²) < 4.78 is 4.77. The molecule has 1 nitrogen and oxygen atoms in total. The van der Waals surface area contributed by atoms with Crippen molar-refractivity contribution in [3.05, 3.63) is 18.1 Å². The maximum absolute atomic E-state index is 4.77. The van der Waals surface area contributed by atoms with E-state index in [9.17, 15) is 0 Å². The molecule has 0 aliphatic heterocycles. The molecule has 0 atom stereocenters. The molecule has 2 heteroatoms. The van der Waals surface area contributed by atoms with Gasteiger partial charge in [-0.05, 0) is 6.92 Å². The van der Waals surface area contributed by atoms with Crippen molar-refractivity contribution in [2.24, 2.45) is 0 Å². The third-order valence-corrected chi connectivity index (χ3v) is 1.29. The van der Waals surface area contributed by atoms with Gasteiger partial charge in [-0.15, -0.1) is 12.6 Å². The second-order valence-corrected chi connectivity index (χ2v) is 1.92. The number of thiol groups is 1. The maximum Gasteiger partial charge on any atom is 0.104 e. The molecule has 0 N–H and O–H groups in total. The van der Waals surface area contributed by atoms with Crippen molar-refractivity contribution in [1.82, 2.24) is 0 Å². The van der Waals surface area contributed by atoms with Crippen LogP contribution < -0.4 is 0 Å². The lowest BCUT2D eigenvalue weighted by atomic mass is 10.4. The Labute approximate surface area is 47.7 Å². The average Bonchev–Trinajstić information content (AvgIpc) is 1.91. The quantitative estimate of drug-likeness (QED) is 0.508. The van der Waals surface area contributed by atoms with Gasteiger partial charge in [0.25, 0.3) is 0 Å². The van der Waals surface area contributed by atoms with Crippen LogP contribution in [0.15, 0.2) is 21.8 Å². The summed E-state index contributed by atoms with van der Waals surface area (Å²) in [5.41, 5.74) is 1.09. The Hall–Kier alpha value is -0.370. The molecule has 1 heterocycles. The molecule has 0 saturated heterocycles. The summed E-state index contributed by atoms with van der Waals surface area (Å²) in [4.78, 5) is 0.917. The molecule has 0 aliphatic carbocycles. The van der Waals surface area contributed by atoms with E-state index in [4.69, 9.17) is 4.42 Å². The van der Waals surface area contributed by atoms with Gasteiger partial charge >= 0.3 is 0 Å². The highest BCUT2D eigenvalue weighted by Gasteiger charge is 1.89. The number of aryl methyl sites for hydroxylation is 1. The molecule has 0 radical (unpaired) electrons. The molecule has 0 amide bonds. The summed E-state index contributed by atoms with van der Waals surface area (Å²) >= 11 is 4.06. The molecule has 1 rings (SSSR count). The standard InChI is InChI=1S/C5H6OS/c1-4-2-6-3-5(4)7/h2-3,7H,1H3. The van der Waals surface area contributed by atoms with Crippen LogP contribution in [-0.4, -0.2) is 0 Å². The molecule has 1 aromatic rings. The van der Waals surface area contributed by atoms with Crippen LogP contribution in [0.1, 0.15) is 5.56 Å². The molecular weight excluding hydrogens is 108 g/mol. The Kier molecular flexibility index (Phi) is 1.11. The molecule has 0 aromatic carbocycles. The molecule has 0 aliphatic rings. The lowest BCUT2D eigenvalue weighted by Gasteiger charge is -1.75. The van der Waals surface area contributed by atoms with Gasteiger partial charge in [-0.1, -0.05) is 0 Å². The van der Waals surface area contributed by atoms with Crippen LogP contribution in [0.25, 0.3) is 0 Å². The Morgan fingerprint density at radius 3 is 2.43 bits per heavy atom. The minimum atomic E-state index is 0.917. The van der Waals surface area contributed by atoms with E-state index < -0.39 is 0 Å². The van der Waals surface area contributed by atoms with E-state index in [2.05, 4.69) is 12.6 Å². The van der Waals surface area contributed by atoms with E-state index >= 15 is 0 Å². The fourth-order valence-electron chi connectivity index (χ4n) is 0.354. The predicted molar refractivity (Wildman–Crippen MR) is 30.7 cm³/mol. The Morgan fingerprint density at radius 1 is 1.57 bits per heavy atom. The topological polar surface area (TPSA) is 13.1 Å². The van der Waals surface area contributed by atoms with Crippen LogP contribution in [0.2, 0.25) is 0 Å². The first-order valence-electron chi connectivity index (χ1n) is 2.02. The van der Waals surface area contributed by atoms with Gasteiger partial charge < -0.3 is 4.42 Å². The van der Waals surface area contributed by atoms with Crippen molar-refractivity contribution in [2.75, 3.05) is 0 Å². The van der Waals surface area contributed by atoms with Crippen LogP contribution in [-0.2, 0) is 0 Å². The second kappa shape index (κ2) is 1.62. The summed E-state index contributed by atoms with van der Waals surface area (Å²) in [6.07, 6.45) is 3.28. The Morgan fingerprint density at radius 2 is 2.29 bits per heavy atom. The summed E-state index contributed by atoms with van der Waals surface area (Å²) in [6, 6.07) is 0. The zero-order valence-corrected chi connectivity index (χ0v) is 4.90. The fraction of sp³-hybridized carbons (Fsp3) is 0.200. The number of furan rings is 1. The summed E-state index contributed by atoms with van der Waals surface area (Å²) in [5, 5.41) is 0. The van der Waals surface area contributed by atoms with Crippen LogP contribution in [0.5, 0.6) is 0 Å². The van der Waals surface area contributed by atoms with Gasteiger partial charge in [0.05, 0.1) is 6.26 Å². The van der Waals surface area contributed by atoms with Crippen molar-refractivity contribution in [3.8, 4) is 0 Å². The number of hydrogen-bond donors (Lipinski definition) is 1. The zero-order chi connectivity index (χ0) is 5.28. The smallest absolute Gasteiger partial charge is 0.104 e. The molecule has 1 aromatic heterocycles. The van der Waals surface area contributed by atoms with Crippen LogP contribution >= 0.6 is 12.6 Å². The molecule has 0 unspecified atom stereocenters. The summed E-state index contributed by atoms with van der Waals surface area (Å²) in [5.74, 6) is 0. The highest BCUT2D eigenvalue weighted by atomic mass is 32.1. The van der Waals surface area contributed by atoms with Crippen molar-refractivity contribution in [1.29, 1.82) is 0 Å². The van der Waals surface area contributed by atoms with Crippen LogP contribution in [0.4, 0.5) is 0 Å². The molecule has 0 spiro atoms. The lowest BCUT2D eigenvalue weighted by Crippen LogP contribution is -1.57. The van der Waals surface area contributed by atoms with E-state index in [0.29, 0.717) is 0 Å². The van der Waals surface area contributed by atoms with Gasteiger partial charge in [0.15, 0.2) is 0 Å². The third-order valence-electron chi connectivity index (χ3n) is 0.829. The molecule has 0 bridgehead atoms. The van der Waals surface area contributed by atoms with E-state index in [1.807, 2.05) is 6.92 Å². The molecule has 0 saturated carbocycles. The normalized spacial score (nSPS) is 9.43. The Balaban J connectivity index is 3.12. The van der Waals surface area contributed by atoms with Gasteiger partial charge in [-0.3, -0.25) is 0 Å². The minimum Gasteiger partial charge on any atom is -0.471 e. The van der Waals surface area contributed by atoms with Gasteiger partial charge in [0.2, 0.25) is 0 Å². The third kappa shape index (κ3) is 0.800. The highest BCUT2D eigenvalue weighted by molar-refractivity contribution is 7.80.